The Balaban J connectivity index is 1.20. The van der Waals surface area contributed by atoms with E-state index >= 15 is 0 Å². The highest BCUT2D eigenvalue weighted by Gasteiger charge is 2.46. The SMILES string of the molecule is C=CC(=O)N1CCN(C2CN3c4cc(N5CCC6(CC5)COC(C)O6)nc(C(F)F)c4CCC[C@@H]23)CC1. The van der Waals surface area contributed by atoms with Crippen LogP contribution in [0.4, 0.5) is 20.3 Å². The molecule has 37 heavy (non-hydrogen) atoms. The molecule has 0 radical (unpaired) electrons. The van der Waals surface area contributed by atoms with Gasteiger partial charge in [0.1, 0.15) is 11.5 Å². The van der Waals surface area contributed by atoms with E-state index in [1.165, 1.54) is 6.08 Å². The summed E-state index contributed by atoms with van der Waals surface area (Å²) in [6.07, 6.45) is 2.68. The molecule has 6 heterocycles. The van der Waals surface area contributed by atoms with Crippen LogP contribution < -0.4 is 9.80 Å². The summed E-state index contributed by atoms with van der Waals surface area (Å²) in [5.74, 6) is 0.638. The van der Waals surface area contributed by atoms with E-state index in [9.17, 15) is 13.6 Å². The van der Waals surface area contributed by atoms with Crippen LogP contribution in [0.25, 0.3) is 0 Å². The second kappa shape index (κ2) is 9.78. The summed E-state index contributed by atoms with van der Waals surface area (Å²) in [7, 11) is 0. The van der Waals surface area contributed by atoms with Crippen LogP contribution in [0.3, 0.4) is 0 Å². The van der Waals surface area contributed by atoms with Gasteiger partial charge in [0, 0.05) is 75.2 Å². The number of pyridine rings is 1. The second-order valence-corrected chi connectivity index (χ2v) is 11.1. The molecule has 1 spiro atoms. The topological polar surface area (TPSA) is 61.4 Å². The van der Waals surface area contributed by atoms with Gasteiger partial charge < -0.3 is 24.2 Å². The highest BCUT2D eigenvalue weighted by atomic mass is 19.3. The van der Waals surface area contributed by atoms with Crippen LogP contribution in [-0.2, 0) is 20.7 Å². The van der Waals surface area contributed by atoms with Gasteiger partial charge in [0.25, 0.3) is 6.43 Å². The monoisotopic (exact) mass is 517 g/mol. The van der Waals surface area contributed by atoms with Crippen molar-refractivity contribution in [1.82, 2.24) is 14.8 Å². The highest BCUT2D eigenvalue weighted by Crippen LogP contribution is 2.43. The lowest BCUT2D eigenvalue weighted by Crippen LogP contribution is -2.69. The fourth-order valence-corrected chi connectivity index (χ4v) is 6.92. The Hall–Kier alpha value is -2.30. The quantitative estimate of drug-likeness (QED) is 0.569. The Bertz CT molecular complexity index is 1040. The van der Waals surface area contributed by atoms with E-state index in [0.717, 1.165) is 56.6 Å². The zero-order chi connectivity index (χ0) is 25.7. The average Bonchev–Trinajstić information content (AvgIpc) is 3.18. The van der Waals surface area contributed by atoms with Gasteiger partial charge in [-0.05, 0) is 45.1 Å². The molecule has 0 N–H and O–H groups in total. The van der Waals surface area contributed by atoms with Crippen LogP contribution >= 0.6 is 0 Å². The smallest absolute Gasteiger partial charge is 0.280 e. The summed E-state index contributed by atoms with van der Waals surface area (Å²) in [5, 5.41) is 0. The van der Waals surface area contributed by atoms with Gasteiger partial charge in [-0.1, -0.05) is 6.58 Å². The molecule has 202 valence electrons. The van der Waals surface area contributed by atoms with Crippen molar-refractivity contribution in [2.75, 3.05) is 62.2 Å². The number of nitrogens with zero attached hydrogens (tertiary/aromatic N) is 5. The Morgan fingerprint density at radius 2 is 1.95 bits per heavy atom. The van der Waals surface area contributed by atoms with Gasteiger partial charge in [0.2, 0.25) is 5.91 Å². The third-order valence-electron chi connectivity index (χ3n) is 9.06. The van der Waals surface area contributed by atoms with Crippen LogP contribution in [0.5, 0.6) is 0 Å². The van der Waals surface area contributed by atoms with E-state index in [1.807, 2.05) is 11.8 Å². The van der Waals surface area contributed by atoms with E-state index < -0.39 is 6.43 Å². The number of piperazine rings is 1. The number of rotatable bonds is 4. The normalized spacial score (nSPS) is 29.6. The van der Waals surface area contributed by atoms with Crippen LogP contribution in [0.15, 0.2) is 18.7 Å². The number of amides is 1. The van der Waals surface area contributed by atoms with Gasteiger partial charge in [0.05, 0.1) is 12.2 Å². The lowest BCUT2D eigenvalue weighted by Gasteiger charge is -2.55. The molecule has 2 unspecified atom stereocenters. The Labute approximate surface area is 217 Å². The molecule has 8 nitrogen and oxygen atoms in total. The molecule has 5 aliphatic rings. The van der Waals surface area contributed by atoms with Gasteiger partial charge in [0.15, 0.2) is 6.29 Å². The largest absolute Gasteiger partial charge is 0.365 e. The zero-order valence-corrected chi connectivity index (χ0v) is 21.6. The third-order valence-corrected chi connectivity index (χ3v) is 9.06. The maximum Gasteiger partial charge on any atom is 0.280 e. The third kappa shape index (κ3) is 4.51. The predicted molar refractivity (Wildman–Crippen MR) is 136 cm³/mol. The number of piperidine rings is 1. The molecule has 1 aromatic rings. The Morgan fingerprint density at radius 3 is 2.59 bits per heavy atom. The van der Waals surface area contributed by atoms with Crippen molar-refractivity contribution in [2.24, 2.45) is 0 Å². The van der Waals surface area contributed by atoms with E-state index in [1.54, 1.807) is 0 Å². The molecular weight excluding hydrogens is 480 g/mol. The molecule has 6 rings (SSSR count). The molecule has 4 saturated heterocycles. The van der Waals surface area contributed by atoms with Crippen LogP contribution in [0.1, 0.15) is 50.3 Å². The molecule has 1 amide bonds. The van der Waals surface area contributed by atoms with Crippen molar-refractivity contribution < 1.29 is 23.0 Å². The number of anilines is 2. The lowest BCUT2D eigenvalue weighted by molar-refractivity contribution is -0.128. The molecule has 10 heteroatoms. The number of alkyl halides is 2. The average molecular weight is 518 g/mol. The summed E-state index contributed by atoms with van der Waals surface area (Å²) < 4.78 is 40.3. The molecule has 5 aliphatic heterocycles. The van der Waals surface area contributed by atoms with Gasteiger partial charge in [-0.2, -0.15) is 0 Å². The van der Waals surface area contributed by atoms with Crippen LogP contribution in [0, 0.1) is 0 Å². The predicted octanol–water partition coefficient (Wildman–Crippen LogP) is 2.97. The van der Waals surface area contributed by atoms with Crippen molar-refractivity contribution in [3.05, 3.63) is 30.0 Å². The minimum absolute atomic E-state index is 0.0111. The number of fused-ring (bicyclic) bond motifs is 3. The van der Waals surface area contributed by atoms with Crippen molar-refractivity contribution in [3.8, 4) is 0 Å². The Morgan fingerprint density at radius 1 is 1.19 bits per heavy atom. The number of aromatic nitrogens is 1. The van der Waals surface area contributed by atoms with Crippen LogP contribution in [0.2, 0.25) is 0 Å². The van der Waals surface area contributed by atoms with Crippen molar-refractivity contribution in [3.63, 3.8) is 0 Å². The first-order valence-electron chi connectivity index (χ1n) is 13.7. The molecule has 0 aromatic carbocycles. The molecule has 3 atom stereocenters. The number of hydrogen-bond donors (Lipinski definition) is 0. The van der Waals surface area contributed by atoms with Crippen molar-refractivity contribution in [1.29, 1.82) is 0 Å². The fraction of sp³-hybridized carbons (Fsp3) is 0.704. The summed E-state index contributed by atoms with van der Waals surface area (Å²) in [5.41, 5.74) is 1.34. The minimum atomic E-state index is -2.60. The summed E-state index contributed by atoms with van der Waals surface area (Å²) in [6.45, 7) is 11.4. The summed E-state index contributed by atoms with van der Waals surface area (Å²) in [4.78, 5) is 25.3. The van der Waals surface area contributed by atoms with Crippen molar-refractivity contribution >= 4 is 17.4 Å². The first-order chi connectivity index (χ1) is 17.9. The minimum Gasteiger partial charge on any atom is -0.365 e. The first kappa shape index (κ1) is 25.0. The van der Waals surface area contributed by atoms with Gasteiger partial charge in [-0.25, -0.2) is 13.8 Å². The summed E-state index contributed by atoms with van der Waals surface area (Å²) >= 11 is 0. The van der Waals surface area contributed by atoms with E-state index in [4.69, 9.17) is 9.47 Å². The van der Waals surface area contributed by atoms with Gasteiger partial charge >= 0.3 is 0 Å². The van der Waals surface area contributed by atoms with Gasteiger partial charge in [-0.15, -0.1) is 0 Å². The molecule has 0 bridgehead atoms. The fourth-order valence-electron chi connectivity index (χ4n) is 6.92. The molecular formula is C27H37F2N5O3. The van der Waals surface area contributed by atoms with Crippen molar-refractivity contribution in [2.45, 2.75) is 69.4 Å². The number of ether oxygens (including phenoxy) is 2. The highest BCUT2D eigenvalue weighted by molar-refractivity contribution is 5.87. The zero-order valence-electron chi connectivity index (χ0n) is 21.6. The van der Waals surface area contributed by atoms with Gasteiger partial charge in [-0.3, -0.25) is 9.69 Å². The number of hydrogen-bond acceptors (Lipinski definition) is 7. The standard InChI is InChI=1S/C27H37F2N5O3/c1-3-24(35)33-13-11-31(12-14-33)22-16-34-20(22)6-4-5-19-21(34)15-23(30-25(19)26(28)29)32-9-7-27(8-10-32)17-36-18(2)37-27/h3,15,18,20,22,26H,1,4-14,16-17H2,2H3/t18?,20-,22?/m0/s1. The first-order valence-corrected chi connectivity index (χ1v) is 13.7. The van der Waals surface area contributed by atoms with Crippen LogP contribution in [-0.4, -0.2) is 97.1 Å². The number of halogens is 2. The summed E-state index contributed by atoms with van der Waals surface area (Å²) in [6, 6.07) is 2.75. The molecule has 1 aromatic heterocycles. The number of carbonyl (C=O) groups is 1. The molecule has 0 aliphatic carbocycles. The molecule has 0 saturated carbocycles. The van der Waals surface area contributed by atoms with E-state index in [2.05, 4.69) is 32.3 Å². The lowest BCUT2D eigenvalue weighted by atomic mass is 9.90. The second-order valence-electron chi connectivity index (χ2n) is 11.1. The maximum atomic E-state index is 14.3. The Kier molecular flexibility index (Phi) is 6.61. The number of carbonyl (C=O) groups excluding carboxylic acids is 1. The van der Waals surface area contributed by atoms with E-state index in [-0.39, 0.29) is 23.5 Å². The van der Waals surface area contributed by atoms with E-state index in [0.29, 0.717) is 57.1 Å². The molecule has 4 fully saturated rings. The maximum absolute atomic E-state index is 14.3.